The number of hydrogen-bond acceptors (Lipinski definition) is 2. The van der Waals surface area contributed by atoms with Crippen molar-refractivity contribution in [1.82, 2.24) is 0 Å². The summed E-state index contributed by atoms with van der Waals surface area (Å²) in [5.41, 5.74) is -0.473. The molecule has 1 N–H and O–H groups in total. The number of rotatable bonds is 4. The molecule has 0 aliphatic heterocycles. The van der Waals surface area contributed by atoms with Gasteiger partial charge in [-0.15, -0.1) is 0 Å². The highest BCUT2D eigenvalue weighted by molar-refractivity contribution is 7.99. The summed E-state index contributed by atoms with van der Waals surface area (Å²) in [5.74, 6) is 0. The average Bonchev–Trinajstić information content (AvgIpc) is 2.26. The Bertz CT molecular complexity index is 374. The minimum absolute atomic E-state index is 0.0985. The van der Waals surface area contributed by atoms with Crippen LogP contribution in [0.1, 0.15) is 19.4 Å². The first-order chi connectivity index (χ1) is 7.76. The van der Waals surface area contributed by atoms with E-state index in [1.54, 1.807) is 17.8 Å². The molecule has 1 nitrogen and oxygen atoms in total. The molecule has 1 rings (SSSR count). The topological polar surface area (TPSA) is 12.0 Å². The molecule has 0 radical (unpaired) electrons. The van der Waals surface area contributed by atoms with Gasteiger partial charge in [-0.25, -0.2) is 0 Å². The lowest BCUT2D eigenvalue weighted by Gasteiger charge is -2.24. The summed E-state index contributed by atoms with van der Waals surface area (Å²) in [6.45, 7) is 4.46. The van der Waals surface area contributed by atoms with Crippen LogP contribution < -0.4 is 5.32 Å². The lowest BCUT2D eigenvalue weighted by Crippen LogP contribution is -2.26. The Morgan fingerprint density at radius 2 is 1.76 bits per heavy atom. The average molecular weight is 263 g/mol. The minimum Gasteiger partial charge on any atom is -0.383 e. The molecule has 0 fully saturated rings. The summed E-state index contributed by atoms with van der Waals surface area (Å²) >= 11 is 1.62. The highest BCUT2D eigenvalue weighted by Gasteiger charge is 2.33. The van der Waals surface area contributed by atoms with Gasteiger partial charge in [0.2, 0.25) is 0 Å². The lowest BCUT2D eigenvalue weighted by molar-refractivity contribution is -0.136. The first-order valence-electron chi connectivity index (χ1n) is 5.21. The molecule has 0 amide bonds. The van der Waals surface area contributed by atoms with E-state index in [1.165, 1.54) is 12.1 Å². The van der Waals surface area contributed by atoms with Crippen molar-refractivity contribution in [1.29, 1.82) is 0 Å². The van der Waals surface area contributed by atoms with Crippen LogP contribution >= 0.6 is 11.8 Å². The monoisotopic (exact) mass is 263 g/mol. The van der Waals surface area contributed by atoms with Gasteiger partial charge in [0.05, 0.1) is 5.56 Å². The number of hydrogen-bond donors (Lipinski definition) is 1. The third-order valence-electron chi connectivity index (χ3n) is 2.49. The molecule has 17 heavy (non-hydrogen) atoms. The molecule has 0 aliphatic carbocycles. The van der Waals surface area contributed by atoms with Crippen molar-refractivity contribution >= 4 is 17.4 Å². The molecule has 0 saturated heterocycles. The van der Waals surface area contributed by atoms with Gasteiger partial charge in [0.1, 0.15) is 0 Å². The van der Waals surface area contributed by atoms with Crippen LogP contribution in [0.3, 0.4) is 0 Å². The van der Waals surface area contributed by atoms with E-state index in [4.69, 9.17) is 0 Å². The van der Waals surface area contributed by atoms with Gasteiger partial charge in [0.25, 0.3) is 0 Å². The van der Waals surface area contributed by atoms with E-state index < -0.39 is 11.7 Å². The van der Waals surface area contributed by atoms with E-state index >= 15 is 0 Å². The summed E-state index contributed by atoms with van der Waals surface area (Å²) in [7, 11) is 0. The van der Waals surface area contributed by atoms with E-state index in [0.717, 1.165) is 6.07 Å². The van der Waals surface area contributed by atoms with Crippen molar-refractivity contribution in [2.24, 2.45) is 0 Å². The zero-order chi connectivity index (χ0) is 13.1. The van der Waals surface area contributed by atoms with Crippen molar-refractivity contribution in [3.63, 3.8) is 0 Å². The van der Waals surface area contributed by atoms with Crippen LogP contribution in [0.25, 0.3) is 0 Å². The Hall–Kier alpha value is -0.840. The van der Waals surface area contributed by atoms with Crippen molar-refractivity contribution in [3.05, 3.63) is 29.8 Å². The van der Waals surface area contributed by atoms with Crippen LogP contribution in [0.5, 0.6) is 0 Å². The standard InChI is InChI=1S/C12H16F3NS/c1-11(2,17-3)8-16-10-7-5-4-6-9(10)12(13,14)15/h4-7,16H,8H2,1-3H3. The smallest absolute Gasteiger partial charge is 0.383 e. The van der Waals surface area contributed by atoms with Crippen LogP contribution in [0.15, 0.2) is 24.3 Å². The second-order valence-electron chi connectivity index (χ2n) is 4.36. The van der Waals surface area contributed by atoms with Gasteiger partial charge < -0.3 is 5.32 Å². The van der Waals surface area contributed by atoms with Crippen molar-refractivity contribution in [3.8, 4) is 0 Å². The predicted octanol–water partition coefficient (Wildman–Crippen LogP) is 4.26. The fourth-order valence-electron chi connectivity index (χ4n) is 1.26. The minimum atomic E-state index is -4.31. The number of anilines is 1. The zero-order valence-corrected chi connectivity index (χ0v) is 10.9. The Balaban J connectivity index is 2.85. The second-order valence-corrected chi connectivity index (χ2v) is 5.87. The number of alkyl halides is 3. The van der Waals surface area contributed by atoms with E-state index in [2.05, 4.69) is 5.32 Å². The SMILES string of the molecule is CSC(C)(C)CNc1ccccc1C(F)(F)F. The summed E-state index contributed by atoms with van der Waals surface area (Å²) in [4.78, 5) is 0. The van der Waals surface area contributed by atoms with E-state index in [0.29, 0.717) is 6.54 Å². The Kier molecular flexibility index (Phi) is 4.36. The highest BCUT2D eigenvalue weighted by atomic mass is 32.2. The molecule has 96 valence electrons. The molecule has 0 unspecified atom stereocenters. The summed E-state index contributed by atoms with van der Waals surface area (Å²) in [6, 6.07) is 5.55. The number of nitrogens with one attached hydrogen (secondary N) is 1. The third kappa shape index (κ3) is 4.15. The van der Waals surface area contributed by atoms with Crippen LogP contribution in [-0.4, -0.2) is 17.5 Å². The maximum absolute atomic E-state index is 12.7. The Morgan fingerprint density at radius 3 is 2.29 bits per heavy atom. The predicted molar refractivity (Wildman–Crippen MR) is 67.5 cm³/mol. The normalized spacial score (nSPS) is 12.6. The van der Waals surface area contributed by atoms with Gasteiger partial charge in [-0.3, -0.25) is 0 Å². The van der Waals surface area contributed by atoms with E-state index in [9.17, 15) is 13.2 Å². The molecule has 0 heterocycles. The third-order valence-corrected chi connectivity index (χ3v) is 3.74. The van der Waals surface area contributed by atoms with Gasteiger partial charge in [0.15, 0.2) is 0 Å². The number of para-hydroxylation sites is 1. The van der Waals surface area contributed by atoms with E-state index in [-0.39, 0.29) is 10.4 Å². The summed E-state index contributed by atoms with van der Waals surface area (Å²) in [6.07, 6.45) is -2.37. The fourth-order valence-corrected chi connectivity index (χ4v) is 1.48. The Labute approximate surface area is 104 Å². The molecule has 1 aromatic carbocycles. The maximum Gasteiger partial charge on any atom is 0.418 e. The number of benzene rings is 1. The molecule has 1 aromatic rings. The molecular weight excluding hydrogens is 247 g/mol. The van der Waals surface area contributed by atoms with Gasteiger partial charge in [0, 0.05) is 17.0 Å². The number of halogens is 3. The highest BCUT2D eigenvalue weighted by Crippen LogP contribution is 2.35. The molecule has 0 spiro atoms. The maximum atomic E-state index is 12.7. The molecule has 0 atom stereocenters. The first kappa shape index (κ1) is 14.2. The van der Waals surface area contributed by atoms with Gasteiger partial charge >= 0.3 is 6.18 Å². The van der Waals surface area contributed by atoms with Crippen LogP contribution in [0.2, 0.25) is 0 Å². The second kappa shape index (κ2) is 5.21. The zero-order valence-electron chi connectivity index (χ0n) is 10.1. The largest absolute Gasteiger partial charge is 0.418 e. The summed E-state index contributed by atoms with van der Waals surface area (Å²) < 4.78 is 38.0. The van der Waals surface area contributed by atoms with Crippen molar-refractivity contribution in [2.75, 3.05) is 18.1 Å². The van der Waals surface area contributed by atoms with E-state index in [1.807, 2.05) is 20.1 Å². The molecule has 0 aromatic heterocycles. The molecule has 0 bridgehead atoms. The van der Waals surface area contributed by atoms with Gasteiger partial charge in [-0.2, -0.15) is 24.9 Å². The van der Waals surface area contributed by atoms with Gasteiger partial charge in [-0.05, 0) is 32.2 Å². The lowest BCUT2D eigenvalue weighted by atomic mass is 10.1. The van der Waals surface area contributed by atoms with Crippen LogP contribution in [0, 0.1) is 0 Å². The Morgan fingerprint density at radius 1 is 1.18 bits per heavy atom. The molecular formula is C12H16F3NS. The quantitative estimate of drug-likeness (QED) is 0.871. The van der Waals surface area contributed by atoms with Crippen molar-refractivity contribution < 1.29 is 13.2 Å². The first-order valence-corrected chi connectivity index (χ1v) is 6.44. The summed E-state index contributed by atoms with van der Waals surface area (Å²) in [5, 5.41) is 2.87. The molecule has 0 aliphatic rings. The van der Waals surface area contributed by atoms with Crippen LogP contribution in [0.4, 0.5) is 18.9 Å². The fraction of sp³-hybridized carbons (Fsp3) is 0.500. The van der Waals surface area contributed by atoms with Crippen molar-refractivity contribution in [2.45, 2.75) is 24.8 Å². The number of thioether (sulfide) groups is 1. The van der Waals surface area contributed by atoms with Gasteiger partial charge in [-0.1, -0.05) is 12.1 Å². The molecule has 5 heteroatoms. The van der Waals surface area contributed by atoms with Crippen LogP contribution in [-0.2, 0) is 6.18 Å². The molecule has 0 saturated carbocycles.